The van der Waals surface area contributed by atoms with Crippen LogP contribution in [-0.4, -0.2) is 51.5 Å². The number of urea groups is 1. The molecule has 0 aliphatic carbocycles. The van der Waals surface area contributed by atoms with E-state index in [9.17, 15) is 9.59 Å². The van der Waals surface area contributed by atoms with Crippen LogP contribution in [-0.2, 0) is 20.8 Å². The number of benzene rings is 2. The summed E-state index contributed by atoms with van der Waals surface area (Å²) in [7, 11) is 1.56. The first-order chi connectivity index (χ1) is 16.1. The summed E-state index contributed by atoms with van der Waals surface area (Å²) >= 11 is 0. The minimum Gasteiger partial charge on any atom is -0.496 e. The van der Waals surface area contributed by atoms with E-state index in [2.05, 4.69) is 20.9 Å². The van der Waals surface area contributed by atoms with E-state index in [1.165, 1.54) is 6.40 Å². The molecule has 2 aliphatic rings. The van der Waals surface area contributed by atoms with Gasteiger partial charge in [0.05, 0.1) is 26.9 Å². The lowest BCUT2D eigenvalue weighted by Gasteiger charge is -2.15. The molecule has 2 aliphatic heterocycles. The van der Waals surface area contributed by atoms with Crippen LogP contribution in [0, 0.1) is 0 Å². The second kappa shape index (κ2) is 10.7. The Morgan fingerprint density at radius 1 is 1.15 bits per heavy atom. The average molecular weight is 454 g/mol. The van der Waals surface area contributed by atoms with Crippen molar-refractivity contribution in [2.45, 2.75) is 25.2 Å². The van der Waals surface area contributed by atoms with Gasteiger partial charge >= 0.3 is 12.1 Å². The van der Waals surface area contributed by atoms with Gasteiger partial charge in [0.2, 0.25) is 0 Å². The molecule has 2 heterocycles. The molecule has 33 heavy (non-hydrogen) atoms. The fourth-order valence-electron chi connectivity index (χ4n) is 3.55. The number of nitrogens with zero attached hydrogens (tertiary/aromatic N) is 1. The third kappa shape index (κ3) is 6.13. The Morgan fingerprint density at radius 2 is 2.00 bits per heavy atom. The van der Waals surface area contributed by atoms with Crippen LogP contribution in [0.1, 0.15) is 23.7 Å². The van der Waals surface area contributed by atoms with Crippen molar-refractivity contribution in [1.82, 2.24) is 5.32 Å². The Hall–Kier alpha value is -3.79. The van der Waals surface area contributed by atoms with Gasteiger partial charge in [-0.25, -0.2) is 9.59 Å². The molecule has 3 amide bonds. The minimum absolute atomic E-state index is 0.192. The van der Waals surface area contributed by atoms with Crippen molar-refractivity contribution in [2.75, 3.05) is 37.5 Å². The predicted octanol–water partition coefficient (Wildman–Crippen LogP) is 3.45. The van der Waals surface area contributed by atoms with Crippen molar-refractivity contribution in [3.05, 3.63) is 53.6 Å². The van der Waals surface area contributed by atoms with Crippen LogP contribution in [0.3, 0.4) is 0 Å². The monoisotopic (exact) mass is 454 g/mol. The second-order valence-corrected chi connectivity index (χ2v) is 7.58. The number of methoxy groups -OCH3 is 1. The number of rotatable bonds is 7. The fourth-order valence-corrected chi connectivity index (χ4v) is 3.55. The Labute approximate surface area is 191 Å². The van der Waals surface area contributed by atoms with Gasteiger partial charge in [-0.15, -0.1) is 0 Å². The van der Waals surface area contributed by atoms with Crippen molar-refractivity contribution in [3.8, 4) is 5.75 Å². The highest BCUT2D eigenvalue weighted by molar-refractivity contribution is 5.99. The summed E-state index contributed by atoms with van der Waals surface area (Å²) in [6.45, 7) is 1.84. The van der Waals surface area contributed by atoms with E-state index in [0.717, 1.165) is 11.1 Å². The van der Waals surface area contributed by atoms with Crippen LogP contribution in [0.5, 0.6) is 5.75 Å². The molecule has 3 N–H and O–H groups in total. The minimum atomic E-state index is -0.492. The third-order valence-corrected chi connectivity index (χ3v) is 5.19. The van der Waals surface area contributed by atoms with E-state index < -0.39 is 12.1 Å². The van der Waals surface area contributed by atoms with Crippen molar-refractivity contribution in [1.29, 1.82) is 0 Å². The maximum atomic E-state index is 12.5. The molecular weight excluding hydrogens is 428 g/mol. The number of aliphatic imine (C=N–C) groups is 1. The highest BCUT2D eigenvalue weighted by Crippen LogP contribution is 2.32. The molecule has 0 aromatic heterocycles. The molecule has 0 bridgehead atoms. The molecule has 0 radical (unpaired) electrons. The maximum Gasteiger partial charge on any atom is 0.407 e. The molecule has 10 heteroatoms. The highest BCUT2D eigenvalue weighted by Gasteiger charge is 2.21. The zero-order valence-electron chi connectivity index (χ0n) is 18.2. The Morgan fingerprint density at radius 3 is 2.73 bits per heavy atom. The summed E-state index contributed by atoms with van der Waals surface area (Å²) in [5, 5.41) is 8.29. The first kappa shape index (κ1) is 22.4. The molecule has 174 valence electrons. The molecule has 10 nitrogen and oxygen atoms in total. The van der Waals surface area contributed by atoms with Crippen LogP contribution < -0.4 is 20.7 Å². The maximum absolute atomic E-state index is 12.5. The third-order valence-electron chi connectivity index (χ3n) is 5.19. The topological polar surface area (TPSA) is 120 Å². The predicted molar refractivity (Wildman–Crippen MR) is 122 cm³/mol. The Kier molecular flexibility index (Phi) is 7.26. The first-order valence-electron chi connectivity index (χ1n) is 10.6. The number of nitrogens with one attached hydrogen (secondary N) is 3. The van der Waals surface area contributed by atoms with Crippen LogP contribution in [0.15, 0.2) is 47.5 Å². The number of anilines is 2. The van der Waals surface area contributed by atoms with Gasteiger partial charge in [-0.3, -0.25) is 4.99 Å². The molecule has 2 aromatic rings. The number of alkyl carbamates (subject to hydrolysis) is 1. The Balaban J connectivity index is 1.29. The standard InChI is InChI=1S/C23H26N4O6/c1-30-20-10-17(5-6-19(20)21-12-24-14-32-21)27-22(28)26-16-4-2-3-15(9-16)11-25-23(29)33-18-7-8-31-13-18/h2-6,9-10,14,18,21H,7-8,11-13H2,1H3,(H,25,29)(H2,26,27,28)/t18-,21?/m0/s1. The van der Waals surface area contributed by atoms with Crippen molar-refractivity contribution >= 4 is 29.9 Å². The van der Waals surface area contributed by atoms with Gasteiger partial charge in [0.15, 0.2) is 6.40 Å². The van der Waals surface area contributed by atoms with Crippen LogP contribution in [0.4, 0.5) is 21.0 Å². The smallest absolute Gasteiger partial charge is 0.407 e. The van der Waals surface area contributed by atoms with Crippen LogP contribution >= 0.6 is 0 Å². The first-order valence-corrected chi connectivity index (χ1v) is 10.6. The molecule has 2 aromatic carbocycles. The number of hydrogen-bond acceptors (Lipinski definition) is 7. The van der Waals surface area contributed by atoms with Gasteiger partial charge in [0.1, 0.15) is 18.0 Å². The summed E-state index contributed by atoms with van der Waals surface area (Å²) in [5.74, 6) is 0.604. The fraction of sp³-hybridized carbons (Fsp3) is 0.348. The van der Waals surface area contributed by atoms with E-state index in [4.69, 9.17) is 18.9 Å². The van der Waals surface area contributed by atoms with E-state index in [-0.39, 0.29) is 18.8 Å². The lowest BCUT2D eigenvalue weighted by molar-refractivity contribution is 0.0828. The van der Waals surface area contributed by atoms with Crippen LogP contribution in [0.2, 0.25) is 0 Å². The number of ether oxygens (including phenoxy) is 4. The molecule has 2 atom stereocenters. The normalized spacial score (nSPS) is 18.9. The van der Waals surface area contributed by atoms with Gasteiger partial charge in [-0.05, 0) is 29.8 Å². The summed E-state index contributed by atoms with van der Waals surface area (Å²) in [4.78, 5) is 28.5. The zero-order chi connectivity index (χ0) is 23.0. The van der Waals surface area contributed by atoms with Gasteiger partial charge in [-0.2, -0.15) is 0 Å². The summed E-state index contributed by atoms with van der Waals surface area (Å²) in [6, 6.07) is 12.1. The van der Waals surface area contributed by atoms with E-state index in [1.54, 1.807) is 37.4 Å². The molecule has 0 saturated carbocycles. The van der Waals surface area contributed by atoms with Gasteiger partial charge in [0.25, 0.3) is 0 Å². The van der Waals surface area contributed by atoms with Gasteiger partial charge in [0, 0.05) is 36.0 Å². The van der Waals surface area contributed by atoms with E-state index in [1.807, 2.05) is 12.1 Å². The molecular formula is C23H26N4O6. The second-order valence-electron chi connectivity index (χ2n) is 7.58. The van der Waals surface area contributed by atoms with Crippen molar-refractivity contribution < 1.29 is 28.5 Å². The highest BCUT2D eigenvalue weighted by atomic mass is 16.6. The van der Waals surface area contributed by atoms with Gasteiger partial charge in [-0.1, -0.05) is 12.1 Å². The quantitative estimate of drug-likeness (QED) is 0.590. The lowest BCUT2D eigenvalue weighted by Crippen LogP contribution is -2.28. The van der Waals surface area contributed by atoms with Gasteiger partial charge < -0.3 is 34.9 Å². The summed E-state index contributed by atoms with van der Waals surface area (Å²) < 4.78 is 21.4. The zero-order valence-corrected chi connectivity index (χ0v) is 18.2. The molecule has 1 saturated heterocycles. The van der Waals surface area contributed by atoms with Crippen LogP contribution in [0.25, 0.3) is 0 Å². The van der Waals surface area contributed by atoms with E-state index >= 15 is 0 Å². The van der Waals surface area contributed by atoms with E-state index in [0.29, 0.717) is 43.3 Å². The van der Waals surface area contributed by atoms with Crippen molar-refractivity contribution in [2.24, 2.45) is 4.99 Å². The molecule has 1 unspecified atom stereocenters. The summed E-state index contributed by atoms with van der Waals surface area (Å²) in [6.07, 6.45) is 1.25. The SMILES string of the molecule is COc1cc(NC(=O)Nc2cccc(CNC(=O)O[C@H]3CCOC3)c2)ccc1C1CN=CO1. The average Bonchev–Trinajstić information content (AvgIpc) is 3.52. The van der Waals surface area contributed by atoms with Crippen molar-refractivity contribution in [3.63, 3.8) is 0 Å². The molecule has 1 fully saturated rings. The summed E-state index contributed by atoms with van der Waals surface area (Å²) in [5.41, 5.74) is 2.84. The number of amides is 3. The largest absolute Gasteiger partial charge is 0.496 e. The number of carbonyl (C=O) groups is 2. The number of carbonyl (C=O) groups excluding carboxylic acids is 2. The molecule has 0 spiro atoms. The lowest BCUT2D eigenvalue weighted by atomic mass is 10.1. The Bertz CT molecular complexity index is 1010. The number of hydrogen-bond donors (Lipinski definition) is 3. The molecule has 4 rings (SSSR count).